The van der Waals surface area contributed by atoms with Crippen LogP contribution in [0.25, 0.3) is 0 Å². The minimum atomic E-state index is -1.05. The lowest BCUT2D eigenvalue weighted by atomic mass is 10.1. The molecule has 0 radical (unpaired) electrons. The van der Waals surface area contributed by atoms with Crippen molar-refractivity contribution in [1.29, 1.82) is 0 Å². The van der Waals surface area contributed by atoms with Crippen LogP contribution in [0.3, 0.4) is 0 Å². The molecule has 1 aromatic heterocycles. The highest BCUT2D eigenvalue weighted by molar-refractivity contribution is 5.21. The van der Waals surface area contributed by atoms with E-state index in [1.54, 1.807) is 6.92 Å². The van der Waals surface area contributed by atoms with Crippen LogP contribution in [0.2, 0.25) is 0 Å². The number of hydrogen-bond donors (Lipinski definition) is 1. The van der Waals surface area contributed by atoms with Crippen LogP contribution in [0, 0.1) is 18.6 Å². The van der Waals surface area contributed by atoms with Crippen LogP contribution in [0.1, 0.15) is 23.4 Å². The van der Waals surface area contributed by atoms with Gasteiger partial charge in [-0.2, -0.15) is 4.98 Å². The third-order valence-corrected chi connectivity index (χ3v) is 4.15. The number of aromatic nitrogens is 2. The van der Waals surface area contributed by atoms with Crippen LogP contribution in [-0.4, -0.2) is 57.8 Å². The highest BCUT2D eigenvalue weighted by Gasteiger charge is 2.22. The van der Waals surface area contributed by atoms with Crippen molar-refractivity contribution in [2.24, 2.45) is 0 Å². The smallest absolute Gasteiger partial charge is 0.223 e. The minimum Gasteiger partial charge on any atom is -0.387 e. The lowest BCUT2D eigenvalue weighted by Crippen LogP contribution is -2.47. The summed E-state index contributed by atoms with van der Waals surface area (Å²) < 4.78 is 31.9. The maximum Gasteiger partial charge on any atom is 0.223 e. The summed E-state index contributed by atoms with van der Waals surface area (Å²) in [6.45, 7) is 5.66. The van der Waals surface area contributed by atoms with Gasteiger partial charge in [0.05, 0.1) is 12.6 Å². The van der Waals surface area contributed by atoms with Gasteiger partial charge < -0.3 is 9.63 Å². The van der Waals surface area contributed by atoms with Crippen molar-refractivity contribution in [2.45, 2.75) is 19.6 Å². The molecule has 1 aliphatic heterocycles. The first kappa shape index (κ1) is 16.9. The Bertz CT molecular complexity index is 686. The first-order chi connectivity index (χ1) is 11.5. The molecule has 1 aromatic carbocycles. The Morgan fingerprint density at radius 2 is 1.92 bits per heavy atom. The average Bonchev–Trinajstić information content (AvgIpc) is 2.96. The fraction of sp³-hybridized carbons (Fsp3) is 0.500. The largest absolute Gasteiger partial charge is 0.387 e. The molecule has 2 aromatic rings. The zero-order chi connectivity index (χ0) is 17.1. The number of β-amino-alcohol motifs (C(OH)–C–C–N with tert-alkyl or cyclic N) is 1. The molecule has 1 N–H and O–H groups in total. The number of rotatable bonds is 5. The van der Waals surface area contributed by atoms with Gasteiger partial charge >= 0.3 is 0 Å². The van der Waals surface area contributed by atoms with Gasteiger partial charge in [-0.3, -0.25) is 9.80 Å². The van der Waals surface area contributed by atoms with Gasteiger partial charge in [0.25, 0.3) is 0 Å². The number of hydrogen-bond acceptors (Lipinski definition) is 6. The number of aryl methyl sites for hydroxylation is 1. The van der Waals surface area contributed by atoms with Gasteiger partial charge in [0.1, 0.15) is 11.6 Å². The summed E-state index contributed by atoms with van der Waals surface area (Å²) in [5.41, 5.74) is -0.000276. The molecule has 0 spiro atoms. The van der Waals surface area contributed by atoms with E-state index in [-0.39, 0.29) is 12.1 Å². The second-order valence-corrected chi connectivity index (χ2v) is 5.99. The van der Waals surface area contributed by atoms with Crippen LogP contribution < -0.4 is 0 Å². The number of nitrogens with zero attached hydrogens (tertiary/aromatic N) is 4. The standard InChI is InChI=1S/C16H20F2N4O2/c1-11-19-16(20-24-11)10-22-6-4-21(5-7-22)9-15(23)13-8-12(17)2-3-14(13)18/h2-3,8,15,23H,4-7,9-10H2,1H3. The normalized spacial score (nSPS) is 18.0. The van der Waals surface area contributed by atoms with Crippen LogP contribution in [0.5, 0.6) is 0 Å². The van der Waals surface area contributed by atoms with E-state index in [1.165, 1.54) is 0 Å². The molecular formula is C16H20F2N4O2. The predicted molar refractivity (Wildman–Crippen MR) is 82.1 cm³/mol. The van der Waals surface area contributed by atoms with Crippen molar-refractivity contribution in [1.82, 2.24) is 19.9 Å². The van der Waals surface area contributed by atoms with Gasteiger partial charge in [-0.1, -0.05) is 5.16 Å². The molecule has 3 rings (SSSR count). The van der Waals surface area contributed by atoms with Crippen molar-refractivity contribution in [3.05, 3.63) is 47.1 Å². The number of aliphatic hydroxyl groups is 1. The van der Waals surface area contributed by atoms with E-state index < -0.39 is 17.7 Å². The molecule has 6 nitrogen and oxygen atoms in total. The summed E-state index contributed by atoms with van der Waals surface area (Å²) >= 11 is 0. The predicted octanol–water partition coefficient (Wildman–Crippen LogP) is 1.51. The second-order valence-electron chi connectivity index (χ2n) is 5.99. The van der Waals surface area contributed by atoms with Crippen molar-refractivity contribution >= 4 is 0 Å². The number of benzene rings is 1. The van der Waals surface area contributed by atoms with Gasteiger partial charge in [0.2, 0.25) is 5.89 Å². The van der Waals surface area contributed by atoms with E-state index in [1.807, 2.05) is 4.90 Å². The molecule has 1 atom stereocenters. The van der Waals surface area contributed by atoms with Crippen molar-refractivity contribution < 1.29 is 18.4 Å². The summed E-state index contributed by atoms with van der Waals surface area (Å²) in [5, 5.41) is 14.1. The monoisotopic (exact) mass is 338 g/mol. The van der Waals surface area contributed by atoms with E-state index in [9.17, 15) is 13.9 Å². The summed E-state index contributed by atoms with van der Waals surface area (Å²) in [5.74, 6) is 0.0624. The first-order valence-corrected chi connectivity index (χ1v) is 7.88. The summed E-state index contributed by atoms with van der Waals surface area (Å²) in [6.07, 6.45) is -1.05. The maximum atomic E-state index is 13.7. The molecule has 0 aliphatic carbocycles. The Hall–Kier alpha value is -1.90. The average molecular weight is 338 g/mol. The third-order valence-electron chi connectivity index (χ3n) is 4.15. The molecular weight excluding hydrogens is 318 g/mol. The molecule has 0 amide bonds. The zero-order valence-corrected chi connectivity index (χ0v) is 13.5. The van der Waals surface area contributed by atoms with Crippen molar-refractivity contribution in [2.75, 3.05) is 32.7 Å². The molecule has 8 heteroatoms. The molecule has 2 heterocycles. The molecule has 24 heavy (non-hydrogen) atoms. The summed E-state index contributed by atoms with van der Waals surface area (Å²) in [4.78, 5) is 8.40. The quantitative estimate of drug-likeness (QED) is 0.891. The number of halogens is 2. The SMILES string of the molecule is Cc1nc(CN2CCN(CC(O)c3cc(F)ccc3F)CC2)no1. The lowest BCUT2D eigenvalue weighted by Gasteiger charge is -2.35. The van der Waals surface area contributed by atoms with Crippen LogP contribution >= 0.6 is 0 Å². The number of aliphatic hydroxyl groups excluding tert-OH is 1. The Morgan fingerprint density at radius 1 is 1.21 bits per heavy atom. The summed E-state index contributed by atoms with van der Waals surface area (Å²) in [6, 6.07) is 3.14. The molecule has 1 fully saturated rings. The van der Waals surface area contributed by atoms with Crippen LogP contribution in [0.15, 0.2) is 22.7 Å². The van der Waals surface area contributed by atoms with E-state index in [0.29, 0.717) is 18.3 Å². The van der Waals surface area contributed by atoms with Gasteiger partial charge in [0, 0.05) is 45.2 Å². The van der Waals surface area contributed by atoms with E-state index in [4.69, 9.17) is 4.52 Å². The fourth-order valence-electron chi connectivity index (χ4n) is 2.85. The molecule has 1 aliphatic rings. The fourth-order valence-corrected chi connectivity index (χ4v) is 2.85. The van der Waals surface area contributed by atoms with E-state index in [0.717, 1.165) is 44.4 Å². The van der Waals surface area contributed by atoms with Gasteiger partial charge in [-0.15, -0.1) is 0 Å². The maximum absolute atomic E-state index is 13.7. The molecule has 1 saturated heterocycles. The Balaban J connectivity index is 1.50. The van der Waals surface area contributed by atoms with Crippen molar-refractivity contribution in [3.8, 4) is 0 Å². The van der Waals surface area contributed by atoms with Gasteiger partial charge in [0.15, 0.2) is 5.82 Å². The Labute approximate surface area is 138 Å². The molecule has 1 unspecified atom stereocenters. The zero-order valence-electron chi connectivity index (χ0n) is 13.5. The molecule has 0 bridgehead atoms. The topological polar surface area (TPSA) is 65.6 Å². The third kappa shape index (κ3) is 4.14. The van der Waals surface area contributed by atoms with Crippen LogP contribution in [0.4, 0.5) is 8.78 Å². The minimum absolute atomic E-state index is 0.000276. The highest BCUT2D eigenvalue weighted by Crippen LogP contribution is 2.20. The van der Waals surface area contributed by atoms with Crippen LogP contribution in [-0.2, 0) is 6.54 Å². The Morgan fingerprint density at radius 3 is 2.58 bits per heavy atom. The van der Waals surface area contributed by atoms with E-state index >= 15 is 0 Å². The van der Waals surface area contributed by atoms with Gasteiger partial charge in [-0.05, 0) is 18.2 Å². The molecule has 0 saturated carbocycles. The van der Waals surface area contributed by atoms with E-state index in [2.05, 4.69) is 15.0 Å². The van der Waals surface area contributed by atoms with Gasteiger partial charge in [-0.25, -0.2) is 8.78 Å². The highest BCUT2D eigenvalue weighted by atomic mass is 19.1. The first-order valence-electron chi connectivity index (χ1n) is 7.88. The Kier molecular flexibility index (Phi) is 5.17. The second kappa shape index (κ2) is 7.33. The van der Waals surface area contributed by atoms with Crippen molar-refractivity contribution in [3.63, 3.8) is 0 Å². The summed E-state index contributed by atoms with van der Waals surface area (Å²) in [7, 11) is 0. The molecule has 130 valence electrons. The lowest BCUT2D eigenvalue weighted by molar-refractivity contribution is 0.0673. The number of piperazine rings is 1.